The largest absolute Gasteiger partial charge is 0.511 e. The number of halogens is 5. The van der Waals surface area contributed by atoms with Crippen LogP contribution in [0.4, 0.5) is 17.6 Å². The molecule has 34 heavy (non-hydrogen) atoms. The number of rotatable bonds is 5. The number of alkyl halides is 3. The molecule has 180 valence electrons. The van der Waals surface area contributed by atoms with Crippen LogP contribution in [0.25, 0.3) is 22.0 Å². The van der Waals surface area contributed by atoms with Crippen LogP contribution >= 0.6 is 11.6 Å². The fourth-order valence-electron chi connectivity index (χ4n) is 3.98. The first-order valence-corrected chi connectivity index (χ1v) is 12.0. The molecule has 1 atom stereocenters. The van der Waals surface area contributed by atoms with E-state index < -0.39 is 39.8 Å². The van der Waals surface area contributed by atoms with Crippen LogP contribution in [0.15, 0.2) is 48.7 Å². The molecule has 0 aliphatic carbocycles. The predicted molar refractivity (Wildman–Crippen MR) is 119 cm³/mol. The first-order valence-electron chi connectivity index (χ1n) is 10.2. The zero-order chi connectivity index (χ0) is 24.7. The lowest BCUT2D eigenvalue weighted by Crippen LogP contribution is -2.46. The summed E-state index contributed by atoms with van der Waals surface area (Å²) in [5, 5.41) is 0.726. The highest BCUT2D eigenvalue weighted by atomic mass is 35.5. The lowest BCUT2D eigenvalue weighted by molar-refractivity contribution is -0.0448. The molecule has 1 aliphatic rings. The normalized spacial score (nSPS) is 16.9. The number of nitrogens with one attached hydrogen (secondary N) is 1. The molecule has 0 radical (unpaired) electrons. The SMILES string of the molecule is O=C(c1ccnc2cc(-c3ccc(F)cc3Cl)ccc12)N1CCCC1CNS(=O)(=O)C(F)(F)F. The minimum Gasteiger partial charge on any atom is -0.334 e. The summed E-state index contributed by atoms with van der Waals surface area (Å²) in [5.74, 6) is -0.910. The van der Waals surface area contributed by atoms with Gasteiger partial charge in [0.25, 0.3) is 5.91 Å². The second-order valence-electron chi connectivity index (χ2n) is 7.81. The van der Waals surface area contributed by atoms with Crippen molar-refractivity contribution in [2.24, 2.45) is 0 Å². The Bertz CT molecular complexity index is 1370. The fourth-order valence-corrected chi connectivity index (χ4v) is 4.84. The summed E-state index contributed by atoms with van der Waals surface area (Å²) in [6, 6.07) is 9.86. The van der Waals surface area contributed by atoms with E-state index in [1.807, 2.05) is 0 Å². The van der Waals surface area contributed by atoms with Gasteiger partial charge in [-0.15, -0.1) is 0 Å². The predicted octanol–water partition coefficient (Wildman–Crippen LogP) is 4.74. The van der Waals surface area contributed by atoms with Crippen molar-refractivity contribution in [3.63, 3.8) is 0 Å². The maximum atomic E-state index is 13.4. The summed E-state index contributed by atoms with van der Waals surface area (Å²) in [6.07, 6.45) is 2.33. The van der Waals surface area contributed by atoms with E-state index in [0.717, 1.165) is 0 Å². The number of nitrogens with zero attached hydrogens (tertiary/aromatic N) is 2. The number of amides is 1. The van der Waals surface area contributed by atoms with Gasteiger partial charge >= 0.3 is 15.5 Å². The summed E-state index contributed by atoms with van der Waals surface area (Å²) in [6.45, 7) is -0.256. The Morgan fingerprint density at radius 1 is 1.18 bits per heavy atom. The van der Waals surface area contributed by atoms with E-state index in [2.05, 4.69) is 4.98 Å². The topological polar surface area (TPSA) is 79.4 Å². The monoisotopic (exact) mass is 515 g/mol. The lowest BCUT2D eigenvalue weighted by atomic mass is 10.0. The number of fused-ring (bicyclic) bond motifs is 1. The first-order chi connectivity index (χ1) is 16.0. The molecule has 0 spiro atoms. The van der Waals surface area contributed by atoms with Crippen LogP contribution < -0.4 is 4.72 Å². The molecule has 2 heterocycles. The van der Waals surface area contributed by atoms with E-state index in [0.29, 0.717) is 34.9 Å². The van der Waals surface area contributed by atoms with Gasteiger partial charge in [0.2, 0.25) is 0 Å². The summed E-state index contributed by atoms with van der Waals surface area (Å²) in [7, 11) is -5.50. The van der Waals surface area contributed by atoms with Gasteiger partial charge < -0.3 is 4.90 Å². The number of aromatic nitrogens is 1. The molecule has 1 fully saturated rings. The lowest BCUT2D eigenvalue weighted by Gasteiger charge is -2.25. The van der Waals surface area contributed by atoms with Crippen molar-refractivity contribution >= 4 is 38.4 Å². The number of hydrogen-bond donors (Lipinski definition) is 1. The molecule has 0 saturated carbocycles. The van der Waals surface area contributed by atoms with Crippen molar-refractivity contribution in [3.05, 3.63) is 65.1 Å². The standard InChI is InChI=1S/C22H18ClF4N3O3S/c23-19-11-14(24)4-6-16(19)13-3-5-17-18(7-8-28-20(17)10-13)21(31)30-9-1-2-15(30)12-29-34(32,33)22(25,26)27/h3-8,10-11,15,29H,1-2,9,12H2. The van der Waals surface area contributed by atoms with Crippen molar-refractivity contribution in [2.75, 3.05) is 13.1 Å². The Balaban J connectivity index is 1.61. The van der Waals surface area contributed by atoms with Gasteiger partial charge in [0.1, 0.15) is 5.82 Å². The van der Waals surface area contributed by atoms with Crippen LogP contribution in [0, 0.1) is 5.82 Å². The Kier molecular flexibility index (Phi) is 6.54. The van der Waals surface area contributed by atoms with E-state index >= 15 is 0 Å². The number of likely N-dealkylation sites (tertiary alicyclic amines) is 1. The van der Waals surface area contributed by atoms with Gasteiger partial charge in [0.05, 0.1) is 16.1 Å². The van der Waals surface area contributed by atoms with Gasteiger partial charge in [-0.25, -0.2) is 17.5 Å². The first kappa shape index (κ1) is 24.4. The molecule has 1 aromatic heterocycles. The quantitative estimate of drug-likeness (QED) is 0.498. The summed E-state index contributed by atoms with van der Waals surface area (Å²) < 4.78 is 75.5. The molecule has 1 aliphatic heterocycles. The molecule has 1 unspecified atom stereocenters. The second kappa shape index (κ2) is 9.12. The van der Waals surface area contributed by atoms with Crippen LogP contribution in [-0.2, 0) is 10.0 Å². The van der Waals surface area contributed by atoms with Crippen LogP contribution in [0.1, 0.15) is 23.2 Å². The Hall–Kier alpha value is -2.76. The summed E-state index contributed by atoms with van der Waals surface area (Å²) in [4.78, 5) is 18.9. The molecule has 0 bridgehead atoms. The second-order valence-corrected chi connectivity index (χ2v) is 9.97. The summed E-state index contributed by atoms with van der Waals surface area (Å²) in [5.41, 5.74) is -3.42. The van der Waals surface area contributed by atoms with Crippen molar-refractivity contribution in [3.8, 4) is 11.1 Å². The van der Waals surface area contributed by atoms with Crippen LogP contribution in [0.2, 0.25) is 5.02 Å². The van der Waals surface area contributed by atoms with Gasteiger partial charge in [0.15, 0.2) is 0 Å². The van der Waals surface area contributed by atoms with E-state index in [1.54, 1.807) is 22.9 Å². The highest BCUT2D eigenvalue weighted by Crippen LogP contribution is 2.32. The zero-order valence-electron chi connectivity index (χ0n) is 17.4. The van der Waals surface area contributed by atoms with Crippen molar-refractivity contribution in [1.82, 2.24) is 14.6 Å². The van der Waals surface area contributed by atoms with Gasteiger partial charge in [-0.3, -0.25) is 9.78 Å². The van der Waals surface area contributed by atoms with Gasteiger partial charge in [0, 0.05) is 36.3 Å². The molecule has 12 heteroatoms. The van der Waals surface area contributed by atoms with E-state index in [9.17, 15) is 30.8 Å². The third kappa shape index (κ3) is 4.73. The number of sulfonamides is 1. The van der Waals surface area contributed by atoms with E-state index in [4.69, 9.17) is 11.6 Å². The Labute approximate surface area is 197 Å². The minimum absolute atomic E-state index is 0.216. The fraction of sp³-hybridized carbons (Fsp3) is 0.273. The molecule has 1 amide bonds. The van der Waals surface area contributed by atoms with Crippen molar-refractivity contribution < 1.29 is 30.8 Å². The number of benzene rings is 2. The number of hydrogen-bond acceptors (Lipinski definition) is 4. The molecule has 1 saturated heterocycles. The highest BCUT2D eigenvalue weighted by Gasteiger charge is 2.46. The molecule has 3 aromatic rings. The minimum atomic E-state index is -5.50. The van der Waals surface area contributed by atoms with Crippen LogP contribution in [0.3, 0.4) is 0 Å². The molecule has 1 N–H and O–H groups in total. The third-order valence-corrected chi connectivity index (χ3v) is 7.14. The number of pyridine rings is 1. The van der Waals surface area contributed by atoms with E-state index in [-0.39, 0.29) is 17.1 Å². The number of carbonyl (C=O) groups is 1. The Morgan fingerprint density at radius 3 is 2.65 bits per heavy atom. The molecular formula is C22H18ClF4N3O3S. The highest BCUT2D eigenvalue weighted by molar-refractivity contribution is 7.90. The molecular weight excluding hydrogens is 498 g/mol. The zero-order valence-corrected chi connectivity index (χ0v) is 19.0. The maximum Gasteiger partial charge on any atom is 0.511 e. The summed E-state index contributed by atoms with van der Waals surface area (Å²) >= 11 is 6.15. The molecule has 2 aromatic carbocycles. The third-order valence-electron chi connectivity index (χ3n) is 5.67. The van der Waals surface area contributed by atoms with Gasteiger partial charge in [-0.2, -0.15) is 13.2 Å². The molecule has 4 rings (SSSR count). The van der Waals surface area contributed by atoms with Crippen LogP contribution in [0.5, 0.6) is 0 Å². The van der Waals surface area contributed by atoms with E-state index in [1.165, 1.54) is 35.4 Å². The molecule has 6 nitrogen and oxygen atoms in total. The van der Waals surface area contributed by atoms with Crippen molar-refractivity contribution in [1.29, 1.82) is 0 Å². The van der Waals surface area contributed by atoms with Gasteiger partial charge in [-0.1, -0.05) is 23.7 Å². The maximum absolute atomic E-state index is 13.4. The van der Waals surface area contributed by atoms with Gasteiger partial charge in [-0.05, 0) is 48.7 Å². The van der Waals surface area contributed by atoms with Crippen LogP contribution in [-0.4, -0.2) is 48.8 Å². The number of carbonyl (C=O) groups excluding carboxylic acids is 1. The Morgan fingerprint density at radius 2 is 1.94 bits per heavy atom. The smallest absolute Gasteiger partial charge is 0.334 e. The average Bonchev–Trinajstić information content (AvgIpc) is 3.24. The average molecular weight is 516 g/mol. The van der Waals surface area contributed by atoms with Crippen molar-refractivity contribution in [2.45, 2.75) is 24.4 Å².